The molecule has 2 aromatic carbocycles. The molecule has 0 bridgehead atoms. The predicted molar refractivity (Wildman–Crippen MR) is 126 cm³/mol. The molecule has 0 aliphatic rings. The van der Waals surface area contributed by atoms with Crippen LogP contribution in [0.25, 0.3) is 0 Å². The fourth-order valence-electron chi connectivity index (χ4n) is 3.49. The van der Waals surface area contributed by atoms with E-state index >= 15 is 0 Å². The summed E-state index contributed by atoms with van der Waals surface area (Å²) in [4.78, 5) is 28.5. The quantitative estimate of drug-likeness (QED) is 0.549. The van der Waals surface area contributed by atoms with Gasteiger partial charge in [0.15, 0.2) is 0 Å². The molecule has 1 unspecified atom stereocenters. The first-order valence-electron chi connectivity index (χ1n) is 10.7. The van der Waals surface area contributed by atoms with Crippen molar-refractivity contribution in [3.05, 3.63) is 70.7 Å². The van der Waals surface area contributed by atoms with Crippen molar-refractivity contribution in [1.29, 1.82) is 0 Å². The molecule has 31 heavy (non-hydrogen) atoms. The van der Waals surface area contributed by atoms with E-state index in [2.05, 4.69) is 29.4 Å². The molecule has 0 radical (unpaired) electrons. The van der Waals surface area contributed by atoms with Crippen LogP contribution in [0.5, 0.6) is 0 Å². The van der Waals surface area contributed by atoms with Crippen LogP contribution in [0.2, 0.25) is 5.02 Å². The van der Waals surface area contributed by atoms with E-state index in [1.54, 1.807) is 11.9 Å². The Labute approximate surface area is 190 Å². The molecule has 168 valence electrons. The molecule has 6 nitrogen and oxygen atoms in total. The van der Waals surface area contributed by atoms with Crippen molar-refractivity contribution in [2.75, 3.05) is 33.2 Å². The van der Waals surface area contributed by atoms with E-state index in [0.717, 1.165) is 24.2 Å². The molecule has 0 aromatic heterocycles. The van der Waals surface area contributed by atoms with Crippen LogP contribution in [0.15, 0.2) is 54.6 Å². The van der Waals surface area contributed by atoms with E-state index in [4.69, 9.17) is 11.6 Å². The lowest BCUT2D eigenvalue weighted by molar-refractivity contribution is -0.121. The molecule has 1 atom stereocenters. The zero-order chi connectivity index (χ0) is 22.6. The zero-order valence-corrected chi connectivity index (χ0v) is 19.4. The summed E-state index contributed by atoms with van der Waals surface area (Å²) >= 11 is 6.41. The lowest BCUT2D eigenvalue weighted by atomic mass is 10.0. The topological polar surface area (TPSA) is 64.7 Å². The normalized spacial score (nSPS) is 11.8. The van der Waals surface area contributed by atoms with Crippen molar-refractivity contribution >= 4 is 23.5 Å². The van der Waals surface area contributed by atoms with Gasteiger partial charge < -0.3 is 15.5 Å². The van der Waals surface area contributed by atoms with Crippen LogP contribution in [0, 0.1) is 0 Å². The maximum atomic E-state index is 12.4. The number of amides is 3. The molecule has 2 N–H and O–H groups in total. The number of carbonyl (C=O) groups excluding carboxylic acids is 2. The van der Waals surface area contributed by atoms with Gasteiger partial charge in [0.05, 0.1) is 6.04 Å². The third-order valence-electron chi connectivity index (χ3n) is 5.25. The number of rotatable bonds is 11. The molecular formula is C24H33ClN4O2. The number of carbonyl (C=O) groups is 2. The van der Waals surface area contributed by atoms with Gasteiger partial charge in [-0.05, 0) is 30.3 Å². The van der Waals surface area contributed by atoms with Gasteiger partial charge in [-0.25, -0.2) is 4.79 Å². The molecule has 0 aliphatic carbocycles. The smallest absolute Gasteiger partial charge is 0.317 e. The van der Waals surface area contributed by atoms with Crippen molar-refractivity contribution in [1.82, 2.24) is 20.4 Å². The van der Waals surface area contributed by atoms with Crippen molar-refractivity contribution in [3.63, 3.8) is 0 Å². The van der Waals surface area contributed by atoms with Crippen LogP contribution in [-0.4, -0.2) is 55.0 Å². The Kier molecular flexibility index (Phi) is 10.3. The SMILES string of the molecule is CCN(CC)C(CNC(=O)CCNC(=O)N(C)Cc1ccccc1)c1ccccc1Cl. The molecule has 0 spiro atoms. The molecule has 7 heteroatoms. The van der Waals surface area contributed by atoms with Gasteiger partial charge in [-0.3, -0.25) is 9.69 Å². The van der Waals surface area contributed by atoms with Crippen molar-refractivity contribution in [3.8, 4) is 0 Å². The summed E-state index contributed by atoms with van der Waals surface area (Å²) in [5, 5.41) is 6.49. The van der Waals surface area contributed by atoms with Gasteiger partial charge in [-0.15, -0.1) is 0 Å². The van der Waals surface area contributed by atoms with Crippen LogP contribution in [-0.2, 0) is 11.3 Å². The Morgan fingerprint density at radius 2 is 1.61 bits per heavy atom. The minimum absolute atomic E-state index is 0.000697. The number of nitrogens with one attached hydrogen (secondary N) is 2. The molecule has 0 aliphatic heterocycles. The van der Waals surface area contributed by atoms with Gasteiger partial charge in [-0.2, -0.15) is 0 Å². The molecule has 2 rings (SSSR count). The van der Waals surface area contributed by atoms with E-state index in [-0.39, 0.29) is 30.9 Å². The highest BCUT2D eigenvalue weighted by Crippen LogP contribution is 2.26. The van der Waals surface area contributed by atoms with Crippen LogP contribution < -0.4 is 10.6 Å². The minimum atomic E-state index is -0.200. The van der Waals surface area contributed by atoms with Gasteiger partial charge in [0.25, 0.3) is 0 Å². The van der Waals surface area contributed by atoms with Gasteiger partial charge >= 0.3 is 6.03 Å². The number of hydrogen-bond donors (Lipinski definition) is 2. The summed E-state index contributed by atoms with van der Waals surface area (Å²) in [7, 11) is 1.74. The Hall–Kier alpha value is -2.57. The van der Waals surface area contributed by atoms with Crippen molar-refractivity contribution in [2.24, 2.45) is 0 Å². The summed E-state index contributed by atoms with van der Waals surface area (Å²) in [5.41, 5.74) is 2.06. The van der Waals surface area contributed by atoms with Crippen LogP contribution in [0.1, 0.15) is 37.4 Å². The summed E-state index contributed by atoms with van der Waals surface area (Å²) in [6, 6.07) is 17.3. The highest BCUT2D eigenvalue weighted by atomic mass is 35.5. The van der Waals surface area contributed by atoms with Gasteiger partial charge in [0.2, 0.25) is 5.91 Å². The highest BCUT2D eigenvalue weighted by Gasteiger charge is 2.21. The maximum Gasteiger partial charge on any atom is 0.317 e. The average Bonchev–Trinajstić information content (AvgIpc) is 2.78. The lowest BCUT2D eigenvalue weighted by Gasteiger charge is -2.31. The second-order valence-electron chi connectivity index (χ2n) is 7.39. The summed E-state index contributed by atoms with van der Waals surface area (Å²) < 4.78 is 0. The van der Waals surface area contributed by atoms with Crippen LogP contribution in [0.4, 0.5) is 4.79 Å². The van der Waals surface area contributed by atoms with Crippen molar-refractivity contribution < 1.29 is 9.59 Å². The summed E-state index contributed by atoms with van der Waals surface area (Å²) in [6.07, 6.45) is 0.221. The third kappa shape index (κ3) is 7.89. The second-order valence-corrected chi connectivity index (χ2v) is 7.79. The molecule has 0 fully saturated rings. The molecule has 0 heterocycles. The standard InChI is InChI=1S/C24H33ClN4O2/c1-4-29(5-2)22(20-13-9-10-14-21(20)25)17-27-23(30)15-16-26-24(31)28(3)18-19-11-7-6-8-12-19/h6-14,22H,4-5,15-18H2,1-3H3,(H,26,31)(H,27,30). The molecule has 0 saturated heterocycles. The largest absolute Gasteiger partial charge is 0.354 e. The van der Waals surface area contributed by atoms with E-state index in [9.17, 15) is 9.59 Å². The van der Waals surface area contributed by atoms with Crippen molar-refractivity contribution in [2.45, 2.75) is 32.9 Å². The number of benzene rings is 2. The average molecular weight is 445 g/mol. The summed E-state index contributed by atoms with van der Waals surface area (Å²) in [6.45, 7) is 7.16. The number of nitrogens with zero attached hydrogens (tertiary/aromatic N) is 2. The molecule has 0 saturated carbocycles. The monoisotopic (exact) mass is 444 g/mol. The number of likely N-dealkylation sites (N-methyl/N-ethyl adjacent to an activating group) is 1. The Balaban J connectivity index is 1.81. The van der Waals surface area contributed by atoms with Crippen LogP contribution in [0.3, 0.4) is 0 Å². The van der Waals surface area contributed by atoms with Gasteiger partial charge in [0.1, 0.15) is 0 Å². The van der Waals surface area contributed by atoms with E-state index in [0.29, 0.717) is 18.1 Å². The number of halogens is 1. The Morgan fingerprint density at radius 1 is 0.968 bits per heavy atom. The van der Waals surface area contributed by atoms with Crippen LogP contribution >= 0.6 is 11.6 Å². The minimum Gasteiger partial charge on any atom is -0.354 e. The van der Waals surface area contributed by atoms with E-state index < -0.39 is 0 Å². The first-order chi connectivity index (χ1) is 15.0. The predicted octanol–water partition coefficient (Wildman–Crippen LogP) is 4.07. The van der Waals surface area contributed by atoms with Gasteiger partial charge in [0, 0.05) is 38.1 Å². The fraction of sp³-hybridized carbons (Fsp3) is 0.417. The molecule has 2 aromatic rings. The second kappa shape index (κ2) is 13.0. The summed E-state index contributed by atoms with van der Waals surface area (Å²) in [5.74, 6) is -0.102. The molecule has 3 amide bonds. The fourth-order valence-corrected chi connectivity index (χ4v) is 3.75. The van der Waals surface area contributed by atoms with Gasteiger partial charge in [-0.1, -0.05) is 74.0 Å². The molecular weight excluding hydrogens is 412 g/mol. The number of urea groups is 1. The maximum absolute atomic E-state index is 12.4. The Morgan fingerprint density at radius 3 is 2.26 bits per heavy atom. The third-order valence-corrected chi connectivity index (χ3v) is 5.59. The lowest BCUT2D eigenvalue weighted by Crippen LogP contribution is -2.41. The Bertz CT molecular complexity index is 827. The zero-order valence-electron chi connectivity index (χ0n) is 18.6. The number of hydrogen-bond acceptors (Lipinski definition) is 3. The first kappa shape index (κ1) is 24.7. The van der Waals surface area contributed by atoms with E-state index in [1.807, 2.05) is 54.6 Å². The first-order valence-corrected chi connectivity index (χ1v) is 11.1. The van der Waals surface area contributed by atoms with E-state index in [1.165, 1.54) is 0 Å². The highest BCUT2D eigenvalue weighted by molar-refractivity contribution is 6.31.